The molecule has 0 spiro atoms. The molecule has 0 unspecified atom stereocenters. The normalized spacial score (nSPS) is 16.1. The Labute approximate surface area is 231 Å². The van der Waals surface area contributed by atoms with Crippen LogP contribution in [0.5, 0.6) is 0 Å². The maximum Gasteiger partial charge on any atom is 0.673 e. The van der Waals surface area contributed by atoms with Crippen LogP contribution in [-0.2, 0) is 32.0 Å². The number of hydrogen-bond acceptors (Lipinski definition) is 4. The van der Waals surface area contributed by atoms with Crippen LogP contribution in [0.2, 0.25) is 0 Å². The van der Waals surface area contributed by atoms with Gasteiger partial charge >= 0.3 is 14.5 Å². The van der Waals surface area contributed by atoms with Gasteiger partial charge in [0.1, 0.15) is 0 Å². The van der Waals surface area contributed by atoms with Crippen LogP contribution in [0.1, 0.15) is 40.7 Å². The molecule has 0 bridgehead atoms. The van der Waals surface area contributed by atoms with Crippen molar-refractivity contribution in [1.29, 1.82) is 0 Å². The Morgan fingerprint density at radius 1 is 0.585 bits per heavy atom. The Morgan fingerprint density at radius 2 is 0.927 bits per heavy atom. The van der Waals surface area contributed by atoms with E-state index in [0.29, 0.717) is 26.4 Å². The molecule has 2 fully saturated rings. The topological polar surface area (TPSA) is 44.7 Å². The lowest BCUT2D eigenvalue weighted by atomic mass is 10.0. The molecule has 2 saturated heterocycles. The van der Waals surface area contributed by atoms with E-state index in [0.717, 1.165) is 24.5 Å². The SMILES string of the molecule is Cc1c(C[n+]2ccccc2C2OCCO2)cccc1C[n+]1ccccc1C1OCCO1.F[B-](F)(F)F.F[B-](F)(F)F. The number of pyridine rings is 2. The van der Waals surface area contributed by atoms with Crippen LogP contribution in [0.15, 0.2) is 67.0 Å². The predicted molar refractivity (Wildman–Crippen MR) is 132 cm³/mol. The molecule has 224 valence electrons. The fourth-order valence-corrected chi connectivity index (χ4v) is 4.20. The number of benzene rings is 1. The molecule has 0 radical (unpaired) electrons. The summed E-state index contributed by atoms with van der Waals surface area (Å²) in [5, 5.41) is 0. The third-order valence-electron chi connectivity index (χ3n) is 5.92. The van der Waals surface area contributed by atoms with Crippen LogP contribution in [-0.4, -0.2) is 40.9 Å². The van der Waals surface area contributed by atoms with Crippen molar-refractivity contribution in [2.24, 2.45) is 0 Å². The van der Waals surface area contributed by atoms with Gasteiger partial charge in [-0.1, -0.05) is 18.2 Å². The van der Waals surface area contributed by atoms with Crippen LogP contribution < -0.4 is 9.13 Å². The molecule has 5 rings (SSSR count). The molecule has 2 aromatic heterocycles. The summed E-state index contributed by atoms with van der Waals surface area (Å²) in [5.74, 6) is 0. The second-order valence-corrected chi connectivity index (χ2v) is 8.84. The van der Waals surface area contributed by atoms with E-state index in [1.165, 1.54) is 16.7 Å². The third kappa shape index (κ3) is 11.4. The molecular formula is C25H28B2F8N2O4. The first-order valence-electron chi connectivity index (χ1n) is 12.5. The third-order valence-corrected chi connectivity index (χ3v) is 5.92. The molecule has 0 atom stereocenters. The van der Waals surface area contributed by atoms with Crippen LogP contribution in [0.4, 0.5) is 34.5 Å². The van der Waals surface area contributed by atoms with Crippen molar-refractivity contribution in [3.05, 3.63) is 95.1 Å². The number of halogens is 8. The molecule has 3 aromatic rings. The summed E-state index contributed by atoms with van der Waals surface area (Å²) in [7, 11) is -12.0. The van der Waals surface area contributed by atoms with E-state index in [4.69, 9.17) is 18.9 Å². The van der Waals surface area contributed by atoms with Gasteiger partial charge < -0.3 is 53.5 Å². The monoisotopic (exact) mass is 594 g/mol. The minimum atomic E-state index is -6.00. The maximum atomic E-state index is 9.75. The highest BCUT2D eigenvalue weighted by Crippen LogP contribution is 2.22. The summed E-state index contributed by atoms with van der Waals surface area (Å²) >= 11 is 0. The first-order chi connectivity index (χ1) is 19.3. The number of aromatic nitrogens is 2. The van der Waals surface area contributed by atoms with E-state index in [2.05, 4.69) is 58.8 Å². The summed E-state index contributed by atoms with van der Waals surface area (Å²) in [4.78, 5) is 0. The summed E-state index contributed by atoms with van der Waals surface area (Å²) in [6, 6.07) is 18.8. The highest BCUT2D eigenvalue weighted by molar-refractivity contribution is 6.50. The largest absolute Gasteiger partial charge is 0.673 e. The fraction of sp³-hybridized carbons (Fsp3) is 0.360. The zero-order valence-electron chi connectivity index (χ0n) is 22.0. The molecule has 41 heavy (non-hydrogen) atoms. The Bertz CT molecular complexity index is 1150. The molecule has 4 heterocycles. The lowest BCUT2D eigenvalue weighted by Crippen LogP contribution is -2.41. The van der Waals surface area contributed by atoms with E-state index in [9.17, 15) is 34.5 Å². The molecule has 0 amide bonds. The summed E-state index contributed by atoms with van der Waals surface area (Å²) in [6.45, 7) is 6.28. The van der Waals surface area contributed by atoms with Crippen molar-refractivity contribution in [2.75, 3.05) is 26.4 Å². The van der Waals surface area contributed by atoms with Gasteiger partial charge in [0.15, 0.2) is 25.5 Å². The van der Waals surface area contributed by atoms with E-state index in [-0.39, 0.29) is 12.6 Å². The number of hydrogen-bond donors (Lipinski definition) is 0. The first kappa shape index (κ1) is 32.4. The second-order valence-electron chi connectivity index (χ2n) is 8.84. The van der Waals surface area contributed by atoms with Gasteiger partial charge in [-0.3, -0.25) is 0 Å². The molecular weight excluding hydrogens is 566 g/mol. The minimum absolute atomic E-state index is 0.293. The molecule has 2 aliphatic rings. The van der Waals surface area contributed by atoms with Crippen molar-refractivity contribution < 1.29 is 62.6 Å². The molecule has 0 saturated carbocycles. The highest BCUT2D eigenvalue weighted by atomic mass is 19.5. The Morgan fingerprint density at radius 3 is 1.27 bits per heavy atom. The number of ether oxygens (including phenoxy) is 4. The van der Waals surface area contributed by atoms with Gasteiger partial charge in [-0.2, -0.15) is 9.13 Å². The molecule has 16 heteroatoms. The minimum Gasteiger partial charge on any atom is -0.418 e. The molecule has 0 N–H and O–H groups in total. The second kappa shape index (κ2) is 14.7. The van der Waals surface area contributed by atoms with Crippen molar-refractivity contribution in [3.8, 4) is 0 Å². The highest BCUT2D eigenvalue weighted by Gasteiger charge is 2.29. The zero-order chi connectivity index (χ0) is 30.0. The Hall–Kier alpha value is -3.07. The van der Waals surface area contributed by atoms with Gasteiger partial charge in [0, 0.05) is 35.4 Å². The first-order valence-corrected chi connectivity index (χ1v) is 12.5. The maximum absolute atomic E-state index is 9.75. The van der Waals surface area contributed by atoms with Gasteiger partial charge in [0.2, 0.25) is 24.0 Å². The average molecular weight is 594 g/mol. The van der Waals surface area contributed by atoms with Gasteiger partial charge in [0.25, 0.3) is 0 Å². The fourth-order valence-electron chi connectivity index (χ4n) is 4.20. The lowest BCUT2D eigenvalue weighted by Gasteiger charge is -2.13. The van der Waals surface area contributed by atoms with Crippen molar-refractivity contribution in [2.45, 2.75) is 32.6 Å². The number of nitrogens with zero attached hydrogens (tertiary/aromatic N) is 2. The lowest BCUT2D eigenvalue weighted by molar-refractivity contribution is -0.703. The predicted octanol–water partition coefficient (Wildman–Crippen LogP) is 5.36. The molecule has 0 aliphatic carbocycles. The summed E-state index contributed by atoms with van der Waals surface area (Å²) in [5.41, 5.74) is 5.92. The standard InChI is InChI=1S/C25H28N2O4.2BF4/c1-19-20(17-26-11-4-2-9-22(26)24-28-13-14-29-24)7-6-8-21(19)18-27-12-5-3-10-23(27)25-30-15-16-31-25;2*2-1(3,4)5/h2-12,24-25H,13-18H2,1H3;;/q+2;2*-1. The van der Waals surface area contributed by atoms with Gasteiger partial charge in [0.05, 0.1) is 26.4 Å². The van der Waals surface area contributed by atoms with Crippen LogP contribution in [0, 0.1) is 6.92 Å². The smallest absolute Gasteiger partial charge is 0.418 e. The van der Waals surface area contributed by atoms with Gasteiger partial charge in [-0.25, -0.2) is 0 Å². The van der Waals surface area contributed by atoms with Crippen LogP contribution >= 0.6 is 0 Å². The molecule has 1 aromatic carbocycles. The van der Waals surface area contributed by atoms with Crippen molar-refractivity contribution in [1.82, 2.24) is 0 Å². The van der Waals surface area contributed by atoms with E-state index in [1.54, 1.807) is 0 Å². The zero-order valence-corrected chi connectivity index (χ0v) is 22.0. The Kier molecular flexibility index (Phi) is 11.6. The van der Waals surface area contributed by atoms with E-state index in [1.807, 2.05) is 24.3 Å². The van der Waals surface area contributed by atoms with Crippen molar-refractivity contribution in [3.63, 3.8) is 0 Å². The van der Waals surface area contributed by atoms with Gasteiger partial charge in [-0.05, 0) is 24.6 Å². The molecule has 6 nitrogen and oxygen atoms in total. The summed E-state index contributed by atoms with van der Waals surface area (Å²) < 4.78 is 105. The Balaban J connectivity index is 0.000000400. The molecule has 2 aliphatic heterocycles. The van der Waals surface area contributed by atoms with E-state index >= 15 is 0 Å². The van der Waals surface area contributed by atoms with Gasteiger partial charge in [-0.15, -0.1) is 0 Å². The quantitative estimate of drug-likeness (QED) is 0.219. The van der Waals surface area contributed by atoms with Crippen LogP contribution in [0.3, 0.4) is 0 Å². The number of rotatable bonds is 6. The van der Waals surface area contributed by atoms with E-state index < -0.39 is 14.5 Å². The van der Waals surface area contributed by atoms with Crippen LogP contribution in [0.25, 0.3) is 0 Å². The van der Waals surface area contributed by atoms with Crippen molar-refractivity contribution >= 4 is 14.5 Å². The average Bonchev–Trinajstić information content (AvgIpc) is 3.60. The summed E-state index contributed by atoms with van der Waals surface area (Å²) in [6.07, 6.45) is 3.59.